The first-order valence-corrected chi connectivity index (χ1v) is 6.72. The van der Waals surface area contributed by atoms with Gasteiger partial charge in [-0.05, 0) is 55.1 Å². The summed E-state index contributed by atoms with van der Waals surface area (Å²) in [6.45, 7) is 7.56. The number of carboxylic acids is 1. The Hall–Kier alpha value is -1.13. The van der Waals surface area contributed by atoms with E-state index in [0.717, 1.165) is 12.0 Å². The highest BCUT2D eigenvalue weighted by atomic mass is 16.4. The van der Waals surface area contributed by atoms with E-state index in [1.54, 1.807) is 0 Å². The first-order chi connectivity index (χ1) is 8.75. The van der Waals surface area contributed by atoms with Crippen molar-refractivity contribution < 1.29 is 20.1 Å². The van der Waals surface area contributed by atoms with Crippen LogP contribution in [0.4, 0.5) is 0 Å². The molecule has 3 N–H and O–H groups in total. The maximum Gasteiger partial charge on any atom is 0.331 e. The van der Waals surface area contributed by atoms with E-state index in [1.165, 1.54) is 13.0 Å². The van der Waals surface area contributed by atoms with Crippen molar-refractivity contribution in [1.82, 2.24) is 0 Å². The van der Waals surface area contributed by atoms with Gasteiger partial charge in [0.1, 0.15) is 0 Å². The zero-order chi connectivity index (χ0) is 14.4. The number of hydrogen-bond donors (Lipinski definition) is 3. The molecule has 0 heterocycles. The van der Waals surface area contributed by atoms with Crippen LogP contribution < -0.4 is 0 Å². The lowest BCUT2D eigenvalue weighted by Gasteiger charge is -2.61. The Labute approximate surface area is 113 Å². The number of aliphatic hydroxyl groups excluding tert-OH is 2. The molecule has 0 aromatic heterocycles. The van der Waals surface area contributed by atoms with E-state index in [1.807, 2.05) is 0 Å². The van der Waals surface area contributed by atoms with Crippen molar-refractivity contribution >= 4 is 5.97 Å². The third-order valence-electron chi connectivity index (χ3n) is 5.06. The van der Waals surface area contributed by atoms with Gasteiger partial charge in [-0.3, -0.25) is 0 Å². The summed E-state index contributed by atoms with van der Waals surface area (Å²) in [6.07, 6.45) is 2.50. The Morgan fingerprint density at radius 3 is 2.74 bits per heavy atom. The molecule has 2 bridgehead atoms. The zero-order valence-electron chi connectivity index (χ0n) is 11.5. The van der Waals surface area contributed by atoms with Gasteiger partial charge in [-0.2, -0.15) is 0 Å². The fourth-order valence-electron chi connectivity index (χ4n) is 3.72. The average molecular weight is 266 g/mol. The molecule has 3 fully saturated rings. The third kappa shape index (κ3) is 2.35. The van der Waals surface area contributed by atoms with Crippen LogP contribution in [-0.4, -0.2) is 33.5 Å². The second-order valence-corrected chi connectivity index (χ2v) is 6.24. The average Bonchev–Trinajstić information content (AvgIpc) is 2.31. The van der Waals surface area contributed by atoms with Gasteiger partial charge in [0.05, 0.1) is 12.2 Å². The molecule has 5 atom stereocenters. The summed E-state index contributed by atoms with van der Waals surface area (Å²) < 4.78 is 0. The Morgan fingerprint density at radius 1 is 1.58 bits per heavy atom. The normalized spacial score (nSPS) is 39.7. The minimum atomic E-state index is -1.00. The molecule has 0 aromatic rings. The van der Waals surface area contributed by atoms with Crippen LogP contribution in [-0.2, 0) is 4.79 Å². The summed E-state index contributed by atoms with van der Waals surface area (Å²) in [7, 11) is 0. The SMILES string of the molecule is C=C1C(O)CC2CC1[C@]2(C)C[C@H](O)/C=C(\C)C(=O)O. The summed E-state index contributed by atoms with van der Waals surface area (Å²) in [5.74, 6) is -0.363. The molecular weight excluding hydrogens is 244 g/mol. The standard InChI is InChI=1S/C15H22O4/c1-8(14(18)19)4-11(16)7-15(3)10-5-12(15)9(2)13(17)6-10/h4,10-13,16-17H,2,5-7H2,1,3H3,(H,18,19)/b8-4+/t10?,11-,12?,13?,15-/m1/s1. The van der Waals surface area contributed by atoms with E-state index < -0.39 is 18.2 Å². The molecule has 0 saturated heterocycles. The molecule has 0 spiro atoms. The van der Waals surface area contributed by atoms with Crippen molar-refractivity contribution in [3.63, 3.8) is 0 Å². The lowest BCUT2D eigenvalue weighted by molar-refractivity contribution is -0.132. The van der Waals surface area contributed by atoms with Gasteiger partial charge in [0.25, 0.3) is 0 Å². The zero-order valence-corrected chi connectivity index (χ0v) is 11.5. The molecule has 4 heteroatoms. The number of carbonyl (C=O) groups is 1. The number of carboxylic acid groups (broad SMARTS) is 1. The number of fused-ring (bicyclic) bond motifs is 2. The summed E-state index contributed by atoms with van der Waals surface area (Å²) in [5.41, 5.74) is 0.973. The molecule has 3 rings (SSSR count). The van der Waals surface area contributed by atoms with Crippen LogP contribution in [0.25, 0.3) is 0 Å². The van der Waals surface area contributed by atoms with Crippen LogP contribution in [0.2, 0.25) is 0 Å². The highest BCUT2D eigenvalue weighted by Crippen LogP contribution is 2.63. The third-order valence-corrected chi connectivity index (χ3v) is 5.06. The van der Waals surface area contributed by atoms with Crippen molar-refractivity contribution in [3.8, 4) is 0 Å². The van der Waals surface area contributed by atoms with E-state index in [2.05, 4.69) is 13.5 Å². The van der Waals surface area contributed by atoms with Crippen LogP contribution in [0.15, 0.2) is 23.8 Å². The number of hydrogen-bond acceptors (Lipinski definition) is 3. The van der Waals surface area contributed by atoms with E-state index in [4.69, 9.17) is 5.11 Å². The van der Waals surface area contributed by atoms with E-state index in [0.29, 0.717) is 18.8 Å². The minimum absolute atomic E-state index is 0.0645. The minimum Gasteiger partial charge on any atom is -0.478 e. The van der Waals surface area contributed by atoms with Crippen LogP contribution in [0.3, 0.4) is 0 Å². The van der Waals surface area contributed by atoms with Crippen molar-refractivity contribution in [2.45, 2.75) is 45.3 Å². The molecule has 4 nitrogen and oxygen atoms in total. The van der Waals surface area contributed by atoms with Gasteiger partial charge >= 0.3 is 5.97 Å². The van der Waals surface area contributed by atoms with Crippen LogP contribution in [0.5, 0.6) is 0 Å². The molecule has 0 amide bonds. The van der Waals surface area contributed by atoms with Crippen molar-refractivity contribution in [1.29, 1.82) is 0 Å². The number of aliphatic carboxylic acids is 1. The topological polar surface area (TPSA) is 77.8 Å². The van der Waals surface area contributed by atoms with Gasteiger partial charge in [0.15, 0.2) is 0 Å². The van der Waals surface area contributed by atoms with Gasteiger partial charge < -0.3 is 15.3 Å². The number of aliphatic hydroxyl groups is 2. The Balaban J connectivity index is 2.06. The predicted octanol–water partition coefficient (Wildman–Crippen LogP) is 1.73. The molecule has 0 radical (unpaired) electrons. The predicted molar refractivity (Wildman–Crippen MR) is 71.5 cm³/mol. The lowest BCUT2D eigenvalue weighted by Crippen LogP contribution is -2.56. The highest BCUT2D eigenvalue weighted by Gasteiger charge is 2.57. The maximum absolute atomic E-state index is 10.7. The van der Waals surface area contributed by atoms with Crippen molar-refractivity contribution in [2.75, 3.05) is 0 Å². The molecule has 3 aliphatic carbocycles. The van der Waals surface area contributed by atoms with Crippen molar-refractivity contribution in [3.05, 3.63) is 23.8 Å². The van der Waals surface area contributed by atoms with E-state index >= 15 is 0 Å². The lowest BCUT2D eigenvalue weighted by atomic mass is 9.44. The molecule has 0 aliphatic heterocycles. The highest BCUT2D eigenvalue weighted by molar-refractivity contribution is 5.85. The van der Waals surface area contributed by atoms with Gasteiger partial charge in [-0.15, -0.1) is 0 Å². The largest absolute Gasteiger partial charge is 0.478 e. The molecule has 3 saturated carbocycles. The van der Waals surface area contributed by atoms with Gasteiger partial charge in [0, 0.05) is 5.57 Å². The fourth-order valence-corrected chi connectivity index (χ4v) is 3.72. The van der Waals surface area contributed by atoms with E-state index in [9.17, 15) is 15.0 Å². The van der Waals surface area contributed by atoms with Gasteiger partial charge in [-0.25, -0.2) is 4.79 Å². The first-order valence-electron chi connectivity index (χ1n) is 6.72. The second kappa shape index (κ2) is 4.76. The van der Waals surface area contributed by atoms with Crippen LogP contribution >= 0.6 is 0 Å². The van der Waals surface area contributed by atoms with Crippen LogP contribution in [0, 0.1) is 17.3 Å². The maximum atomic E-state index is 10.7. The summed E-state index contributed by atoms with van der Waals surface area (Å²) >= 11 is 0. The van der Waals surface area contributed by atoms with Gasteiger partial charge in [-0.1, -0.05) is 13.5 Å². The Bertz CT molecular complexity index is 439. The van der Waals surface area contributed by atoms with Crippen LogP contribution in [0.1, 0.15) is 33.1 Å². The monoisotopic (exact) mass is 266 g/mol. The molecular formula is C15H22O4. The van der Waals surface area contributed by atoms with Gasteiger partial charge in [0.2, 0.25) is 0 Å². The summed E-state index contributed by atoms with van der Waals surface area (Å²) in [5, 5.41) is 28.7. The second-order valence-electron chi connectivity index (χ2n) is 6.24. The van der Waals surface area contributed by atoms with E-state index in [-0.39, 0.29) is 16.9 Å². The molecule has 106 valence electrons. The smallest absolute Gasteiger partial charge is 0.331 e. The first kappa shape index (κ1) is 14.3. The molecule has 19 heavy (non-hydrogen) atoms. The summed E-state index contributed by atoms with van der Waals surface area (Å²) in [6, 6.07) is 0. The summed E-state index contributed by atoms with van der Waals surface area (Å²) in [4.78, 5) is 10.7. The Morgan fingerprint density at radius 2 is 2.21 bits per heavy atom. The number of rotatable bonds is 4. The fraction of sp³-hybridized carbons (Fsp3) is 0.667. The quantitative estimate of drug-likeness (QED) is 0.535. The molecule has 3 aliphatic rings. The Kier molecular flexibility index (Phi) is 3.58. The van der Waals surface area contributed by atoms with Crippen molar-refractivity contribution in [2.24, 2.45) is 17.3 Å². The molecule has 3 unspecified atom stereocenters. The molecule has 0 aromatic carbocycles.